The number of nitro groups is 1. The number of rotatable bonds is 8. The van der Waals surface area contributed by atoms with E-state index in [-0.39, 0.29) is 11.3 Å². The van der Waals surface area contributed by atoms with Crippen LogP contribution in [0.15, 0.2) is 48.8 Å². The summed E-state index contributed by atoms with van der Waals surface area (Å²) in [6.45, 7) is 2.83. The minimum absolute atomic E-state index is 0.0209. The van der Waals surface area contributed by atoms with Gasteiger partial charge in [0.05, 0.1) is 10.6 Å². The van der Waals surface area contributed by atoms with Gasteiger partial charge in [-0.15, -0.1) is 0 Å². The Hall–Kier alpha value is -4.08. The summed E-state index contributed by atoms with van der Waals surface area (Å²) in [5.41, 5.74) is 2.02. The van der Waals surface area contributed by atoms with Crippen molar-refractivity contribution in [2.75, 3.05) is 23.7 Å². The van der Waals surface area contributed by atoms with E-state index in [0.29, 0.717) is 36.1 Å². The number of carboxylic acids is 1. The van der Waals surface area contributed by atoms with Crippen LogP contribution in [0.5, 0.6) is 0 Å². The number of hydrogen-bond acceptors (Lipinski definition) is 8. The molecule has 3 N–H and O–H groups in total. The summed E-state index contributed by atoms with van der Waals surface area (Å²) in [5, 5.41) is 26.1. The van der Waals surface area contributed by atoms with Gasteiger partial charge in [-0.3, -0.25) is 10.1 Å². The van der Waals surface area contributed by atoms with Crippen LogP contribution in [0.4, 0.5) is 17.5 Å². The molecule has 2 heterocycles. The van der Waals surface area contributed by atoms with Gasteiger partial charge in [-0.1, -0.05) is 29.8 Å². The maximum Gasteiger partial charge on any atom is 0.339 e. The fourth-order valence-corrected chi connectivity index (χ4v) is 2.52. The van der Waals surface area contributed by atoms with Crippen molar-refractivity contribution < 1.29 is 14.8 Å². The number of carbonyl (C=O) groups is 1. The molecule has 10 nitrogen and oxygen atoms in total. The number of benzene rings is 1. The largest absolute Gasteiger partial charge is 0.478 e. The molecule has 0 saturated carbocycles. The molecule has 2 aromatic heterocycles. The Bertz CT molecular complexity index is 1020. The molecule has 0 unspecified atom stereocenters. The molecule has 3 rings (SSSR count). The van der Waals surface area contributed by atoms with E-state index in [1.807, 2.05) is 31.2 Å². The summed E-state index contributed by atoms with van der Waals surface area (Å²) in [5.74, 6) is -0.304. The van der Waals surface area contributed by atoms with Crippen LogP contribution in [0.1, 0.15) is 15.9 Å². The zero-order chi connectivity index (χ0) is 20.8. The molecule has 0 saturated heterocycles. The van der Waals surface area contributed by atoms with E-state index in [4.69, 9.17) is 0 Å². The van der Waals surface area contributed by atoms with Crippen molar-refractivity contribution in [3.05, 3.63) is 70.0 Å². The molecule has 0 bridgehead atoms. The average molecular weight is 394 g/mol. The molecular weight excluding hydrogens is 376 g/mol. The van der Waals surface area contributed by atoms with Gasteiger partial charge in [0, 0.05) is 30.9 Å². The number of pyridine rings is 1. The Morgan fingerprint density at radius 1 is 1.07 bits per heavy atom. The van der Waals surface area contributed by atoms with Crippen molar-refractivity contribution in [1.29, 1.82) is 0 Å². The fraction of sp³-hybridized carbons (Fsp3) is 0.158. The van der Waals surface area contributed by atoms with Gasteiger partial charge in [0.15, 0.2) is 0 Å². The topological polar surface area (TPSA) is 143 Å². The molecule has 10 heteroatoms. The van der Waals surface area contributed by atoms with Crippen molar-refractivity contribution in [2.24, 2.45) is 0 Å². The number of aromatic carboxylic acids is 1. The Kier molecular flexibility index (Phi) is 5.93. The van der Waals surface area contributed by atoms with Crippen LogP contribution < -0.4 is 10.6 Å². The first-order chi connectivity index (χ1) is 13.9. The first kappa shape index (κ1) is 19.7. The SMILES string of the molecule is Cc1ccc(-c2nc(NCCNc3ccc([N+](=O)[O-])cn3)ncc2C(=O)O)cc1. The Balaban J connectivity index is 1.65. The number of hydrogen-bond donors (Lipinski definition) is 3. The van der Waals surface area contributed by atoms with Crippen LogP contribution in [-0.2, 0) is 0 Å². The average Bonchev–Trinajstić information content (AvgIpc) is 2.72. The van der Waals surface area contributed by atoms with Gasteiger partial charge < -0.3 is 15.7 Å². The Morgan fingerprint density at radius 2 is 1.79 bits per heavy atom. The summed E-state index contributed by atoms with van der Waals surface area (Å²) in [6.07, 6.45) is 2.45. The van der Waals surface area contributed by atoms with Crippen LogP contribution in [0, 0.1) is 17.0 Å². The number of anilines is 2. The minimum atomic E-state index is -1.10. The molecule has 0 aliphatic carbocycles. The molecule has 0 amide bonds. The van der Waals surface area contributed by atoms with E-state index in [9.17, 15) is 20.0 Å². The van der Waals surface area contributed by atoms with Gasteiger partial charge in [0.1, 0.15) is 17.6 Å². The van der Waals surface area contributed by atoms with Crippen molar-refractivity contribution in [3.63, 3.8) is 0 Å². The second kappa shape index (κ2) is 8.74. The van der Waals surface area contributed by atoms with Gasteiger partial charge in [-0.05, 0) is 13.0 Å². The monoisotopic (exact) mass is 394 g/mol. The standard InChI is InChI=1S/C19H18N6O4/c1-12-2-4-13(5-3-12)17-15(18(26)27)11-23-19(24-17)21-9-8-20-16-7-6-14(10-22-16)25(28)29/h2-7,10-11H,8-9H2,1H3,(H,20,22)(H,26,27)(H,21,23,24). The van der Waals surface area contributed by atoms with E-state index in [1.165, 1.54) is 24.5 Å². The molecule has 0 aliphatic rings. The van der Waals surface area contributed by atoms with Gasteiger partial charge >= 0.3 is 5.97 Å². The molecule has 0 radical (unpaired) electrons. The lowest BCUT2D eigenvalue weighted by Crippen LogP contribution is -2.16. The number of aromatic nitrogens is 3. The summed E-state index contributed by atoms with van der Waals surface area (Å²) < 4.78 is 0. The number of nitrogens with one attached hydrogen (secondary N) is 2. The molecule has 0 fully saturated rings. The van der Waals surface area contributed by atoms with Crippen molar-refractivity contribution in [2.45, 2.75) is 6.92 Å². The third-order valence-corrected chi connectivity index (χ3v) is 4.02. The van der Waals surface area contributed by atoms with Crippen molar-refractivity contribution in [3.8, 4) is 11.3 Å². The van der Waals surface area contributed by atoms with Crippen LogP contribution in [0.3, 0.4) is 0 Å². The van der Waals surface area contributed by atoms with E-state index in [0.717, 1.165) is 5.56 Å². The first-order valence-electron chi connectivity index (χ1n) is 8.69. The van der Waals surface area contributed by atoms with Gasteiger partial charge in [0.25, 0.3) is 5.69 Å². The third-order valence-electron chi connectivity index (χ3n) is 4.02. The Morgan fingerprint density at radius 3 is 2.41 bits per heavy atom. The zero-order valence-electron chi connectivity index (χ0n) is 15.5. The zero-order valence-corrected chi connectivity index (χ0v) is 15.5. The second-order valence-electron chi connectivity index (χ2n) is 6.14. The molecule has 0 spiro atoms. The Labute approximate surface area is 165 Å². The molecule has 1 aromatic carbocycles. The number of aryl methyl sites for hydroxylation is 1. The van der Waals surface area contributed by atoms with Gasteiger partial charge in [-0.2, -0.15) is 0 Å². The third kappa shape index (κ3) is 5.01. The molecular formula is C19H18N6O4. The number of carboxylic acid groups (broad SMARTS) is 1. The maximum absolute atomic E-state index is 11.5. The first-order valence-corrected chi connectivity index (χ1v) is 8.69. The molecule has 148 valence electrons. The maximum atomic E-state index is 11.5. The molecule has 3 aromatic rings. The highest BCUT2D eigenvalue weighted by atomic mass is 16.6. The summed E-state index contributed by atoms with van der Waals surface area (Å²) in [6, 6.07) is 10.3. The highest BCUT2D eigenvalue weighted by Gasteiger charge is 2.15. The van der Waals surface area contributed by atoms with E-state index in [2.05, 4.69) is 25.6 Å². The van der Waals surface area contributed by atoms with Gasteiger partial charge in [0.2, 0.25) is 5.95 Å². The van der Waals surface area contributed by atoms with Crippen LogP contribution >= 0.6 is 0 Å². The quantitative estimate of drug-likeness (QED) is 0.298. The lowest BCUT2D eigenvalue weighted by atomic mass is 10.1. The van der Waals surface area contributed by atoms with Crippen LogP contribution in [0.2, 0.25) is 0 Å². The molecule has 0 atom stereocenters. The lowest BCUT2D eigenvalue weighted by molar-refractivity contribution is -0.385. The van der Waals surface area contributed by atoms with E-state index >= 15 is 0 Å². The van der Waals surface area contributed by atoms with Crippen LogP contribution in [-0.4, -0.2) is 44.0 Å². The van der Waals surface area contributed by atoms with Gasteiger partial charge in [-0.25, -0.2) is 19.7 Å². The predicted molar refractivity (Wildman–Crippen MR) is 107 cm³/mol. The van der Waals surface area contributed by atoms with Crippen molar-refractivity contribution >= 4 is 23.4 Å². The molecule has 0 aliphatic heterocycles. The smallest absolute Gasteiger partial charge is 0.339 e. The summed E-state index contributed by atoms with van der Waals surface area (Å²) >= 11 is 0. The second-order valence-corrected chi connectivity index (χ2v) is 6.14. The van der Waals surface area contributed by atoms with E-state index < -0.39 is 10.9 Å². The summed E-state index contributed by atoms with van der Waals surface area (Å²) in [4.78, 5) is 34.0. The van der Waals surface area contributed by atoms with E-state index in [1.54, 1.807) is 0 Å². The minimum Gasteiger partial charge on any atom is -0.478 e. The van der Waals surface area contributed by atoms with Crippen LogP contribution in [0.25, 0.3) is 11.3 Å². The summed E-state index contributed by atoms with van der Waals surface area (Å²) in [7, 11) is 0. The van der Waals surface area contributed by atoms with Crippen molar-refractivity contribution in [1.82, 2.24) is 15.0 Å². The predicted octanol–water partition coefficient (Wildman–Crippen LogP) is 2.98. The fourth-order valence-electron chi connectivity index (χ4n) is 2.52. The molecule has 29 heavy (non-hydrogen) atoms. The highest BCUT2D eigenvalue weighted by Crippen LogP contribution is 2.23. The highest BCUT2D eigenvalue weighted by molar-refractivity contribution is 5.94. The number of nitrogens with zero attached hydrogens (tertiary/aromatic N) is 4. The lowest BCUT2D eigenvalue weighted by Gasteiger charge is -2.10. The normalized spacial score (nSPS) is 10.4.